The zero-order valence-corrected chi connectivity index (χ0v) is 15.0. The molecule has 1 N–H and O–H groups in total. The quantitative estimate of drug-likeness (QED) is 0.649. The van der Waals surface area contributed by atoms with Crippen LogP contribution in [0.1, 0.15) is 59.1 Å². The van der Waals surface area contributed by atoms with Crippen molar-refractivity contribution in [1.29, 1.82) is 0 Å². The number of ether oxygens (including phenoxy) is 1. The second-order valence-corrected chi connectivity index (χ2v) is 4.70. The molecule has 0 aliphatic heterocycles. The Morgan fingerprint density at radius 3 is 2.50 bits per heavy atom. The highest BCUT2D eigenvalue weighted by Gasteiger charge is 2.08. The summed E-state index contributed by atoms with van der Waals surface area (Å²) < 4.78 is 6.35. The summed E-state index contributed by atoms with van der Waals surface area (Å²) >= 11 is 0. The Balaban J connectivity index is 0.00000254. The van der Waals surface area contributed by atoms with Crippen LogP contribution in [-0.4, -0.2) is 39.3 Å². The first kappa shape index (κ1) is 21.8. The third-order valence-corrected chi connectivity index (χ3v) is 2.93. The van der Waals surface area contributed by atoms with Gasteiger partial charge < -0.3 is 10.1 Å². The molecule has 0 aliphatic carbocycles. The summed E-state index contributed by atoms with van der Waals surface area (Å²) in [6.07, 6.45) is 2.78. The van der Waals surface area contributed by atoms with E-state index in [9.17, 15) is 14.4 Å². The lowest BCUT2D eigenvalue weighted by molar-refractivity contribution is -0.143. The van der Waals surface area contributed by atoms with E-state index >= 15 is 0 Å². The summed E-state index contributed by atoms with van der Waals surface area (Å²) in [5, 5.41) is 10.4. The van der Waals surface area contributed by atoms with Crippen LogP contribution in [0.25, 0.3) is 0 Å². The van der Waals surface area contributed by atoms with E-state index in [1.807, 2.05) is 13.8 Å². The summed E-state index contributed by atoms with van der Waals surface area (Å²) in [5.41, 5.74) is 0.596. The van der Waals surface area contributed by atoms with Crippen LogP contribution in [0.15, 0.2) is 6.20 Å². The van der Waals surface area contributed by atoms with Crippen molar-refractivity contribution in [3.8, 4) is 0 Å². The number of amides is 1. The Labute approximate surface area is 142 Å². The SMILES string of the molecule is CC.CCOC(=O)CCn1cc(CNC(=O)CCC(=O)CC)nn1. The molecule has 0 fully saturated rings. The predicted octanol–water partition coefficient (Wildman–Crippen LogP) is 1.63. The van der Waals surface area contributed by atoms with Crippen LogP contribution < -0.4 is 5.32 Å². The maximum absolute atomic E-state index is 11.6. The second kappa shape index (κ2) is 13.2. The van der Waals surface area contributed by atoms with Gasteiger partial charge in [-0.3, -0.25) is 19.1 Å². The molecule has 0 spiro atoms. The molecule has 0 atom stereocenters. The van der Waals surface area contributed by atoms with E-state index in [2.05, 4.69) is 15.6 Å². The van der Waals surface area contributed by atoms with Gasteiger partial charge in [-0.05, 0) is 6.92 Å². The molecule has 0 aliphatic rings. The molecule has 1 heterocycles. The normalized spacial score (nSPS) is 9.67. The smallest absolute Gasteiger partial charge is 0.307 e. The number of nitrogens with zero attached hydrogens (tertiary/aromatic N) is 3. The Morgan fingerprint density at radius 1 is 1.17 bits per heavy atom. The first-order valence-corrected chi connectivity index (χ1v) is 8.38. The van der Waals surface area contributed by atoms with Gasteiger partial charge in [0, 0.05) is 19.3 Å². The molecule has 1 aromatic rings. The van der Waals surface area contributed by atoms with E-state index in [4.69, 9.17) is 4.74 Å². The highest BCUT2D eigenvalue weighted by Crippen LogP contribution is 1.98. The number of hydrogen-bond acceptors (Lipinski definition) is 6. The van der Waals surface area contributed by atoms with E-state index in [1.165, 1.54) is 4.68 Å². The summed E-state index contributed by atoms with van der Waals surface area (Å²) in [6, 6.07) is 0. The topological polar surface area (TPSA) is 103 Å². The molecule has 0 radical (unpaired) electrons. The van der Waals surface area contributed by atoms with Gasteiger partial charge in [-0.2, -0.15) is 0 Å². The molecule has 0 aromatic carbocycles. The number of nitrogens with one attached hydrogen (secondary N) is 1. The van der Waals surface area contributed by atoms with Crippen LogP contribution in [0.2, 0.25) is 0 Å². The van der Waals surface area contributed by atoms with Crippen molar-refractivity contribution < 1.29 is 19.1 Å². The lowest BCUT2D eigenvalue weighted by atomic mass is 10.2. The van der Waals surface area contributed by atoms with Crippen LogP contribution in [-0.2, 0) is 32.2 Å². The number of rotatable bonds is 10. The van der Waals surface area contributed by atoms with Gasteiger partial charge >= 0.3 is 5.97 Å². The Bertz CT molecular complexity index is 514. The molecule has 0 saturated carbocycles. The minimum Gasteiger partial charge on any atom is -0.466 e. The molecule has 136 valence electrons. The molecule has 8 heteroatoms. The van der Waals surface area contributed by atoms with Crippen LogP contribution in [0, 0.1) is 0 Å². The van der Waals surface area contributed by atoms with E-state index in [-0.39, 0.29) is 43.5 Å². The Morgan fingerprint density at radius 2 is 1.88 bits per heavy atom. The molecule has 1 rings (SSSR count). The van der Waals surface area contributed by atoms with Gasteiger partial charge in [0.2, 0.25) is 5.91 Å². The van der Waals surface area contributed by atoms with Gasteiger partial charge in [-0.15, -0.1) is 5.10 Å². The lowest BCUT2D eigenvalue weighted by Gasteiger charge is -2.02. The average molecular weight is 340 g/mol. The summed E-state index contributed by atoms with van der Waals surface area (Å²) in [5.74, 6) is -0.406. The fourth-order valence-electron chi connectivity index (χ4n) is 1.68. The standard InChI is InChI=1S/C14H22N4O4.C2H6/c1-3-12(19)5-6-13(20)15-9-11-10-18(17-16-11)8-7-14(21)22-4-2;1-2/h10H,3-9H2,1-2H3,(H,15,20);1-2H3. The van der Waals surface area contributed by atoms with Gasteiger partial charge in [0.1, 0.15) is 11.5 Å². The van der Waals surface area contributed by atoms with Crippen molar-refractivity contribution in [3.05, 3.63) is 11.9 Å². The van der Waals surface area contributed by atoms with Crippen molar-refractivity contribution >= 4 is 17.7 Å². The summed E-state index contributed by atoms with van der Waals surface area (Å²) in [7, 11) is 0. The fraction of sp³-hybridized carbons (Fsp3) is 0.688. The molecule has 24 heavy (non-hydrogen) atoms. The highest BCUT2D eigenvalue weighted by molar-refractivity contribution is 5.84. The molecular formula is C16H28N4O4. The maximum atomic E-state index is 11.6. The first-order valence-electron chi connectivity index (χ1n) is 8.38. The molecule has 0 bridgehead atoms. The number of aromatic nitrogens is 3. The number of carbonyl (C=O) groups excluding carboxylic acids is 3. The molecular weight excluding hydrogens is 312 g/mol. The monoisotopic (exact) mass is 340 g/mol. The van der Waals surface area contributed by atoms with Gasteiger partial charge in [-0.1, -0.05) is 26.0 Å². The van der Waals surface area contributed by atoms with Crippen molar-refractivity contribution in [2.45, 2.75) is 66.5 Å². The van der Waals surface area contributed by atoms with Crippen molar-refractivity contribution in [2.24, 2.45) is 0 Å². The number of Topliss-reactive ketones (excluding diaryl/α,β-unsaturated/α-hetero) is 1. The minimum absolute atomic E-state index is 0.0695. The van der Waals surface area contributed by atoms with E-state index in [0.29, 0.717) is 25.3 Å². The number of ketones is 1. The fourth-order valence-corrected chi connectivity index (χ4v) is 1.68. The van der Waals surface area contributed by atoms with Crippen molar-refractivity contribution in [3.63, 3.8) is 0 Å². The van der Waals surface area contributed by atoms with Crippen molar-refractivity contribution in [2.75, 3.05) is 6.61 Å². The molecule has 0 unspecified atom stereocenters. The third kappa shape index (κ3) is 9.70. The summed E-state index contributed by atoms with van der Waals surface area (Å²) in [6.45, 7) is 8.51. The second-order valence-electron chi connectivity index (χ2n) is 4.70. The predicted molar refractivity (Wildman–Crippen MR) is 89.0 cm³/mol. The third-order valence-electron chi connectivity index (χ3n) is 2.93. The van der Waals surface area contributed by atoms with E-state index in [1.54, 1.807) is 20.0 Å². The van der Waals surface area contributed by atoms with Crippen molar-refractivity contribution in [1.82, 2.24) is 20.3 Å². The summed E-state index contributed by atoms with van der Waals surface area (Å²) in [4.78, 5) is 33.9. The molecule has 0 saturated heterocycles. The minimum atomic E-state index is -0.284. The highest BCUT2D eigenvalue weighted by atomic mass is 16.5. The van der Waals surface area contributed by atoms with Gasteiger partial charge in [0.05, 0.1) is 32.3 Å². The maximum Gasteiger partial charge on any atom is 0.307 e. The van der Waals surface area contributed by atoms with Crippen LogP contribution in [0.3, 0.4) is 0 Å². The zero-order valence-electron chi connectivity index (χ0n) is 15.0. The number of aryl methyl sites for hydroxylation is 1. The van der Waals surface area contributed by atoms with E-state index < -0.39 is 0 Å². The first-order chi connectivity index (χ1) is 11.5. The van der Waals surface area contributed by atoms with Gasteiger partial charge in [0.15, 0.2) is 0 Å². The lowest BCUT2D eigenvalue weighted by Crippen LogP contribution is -2.23. The van der Waals surface area contributed by atoms with Gasteiger partial charge in [0.25, 0.3) is 0 Å². The largest absolute Gasteiger partial charge is 0.466 e. The molecule has 8 nitrogen and oxygen atoms in total. The van der Waals surface area contributed by atoms with Crippen LogP contribution in [0.4, 0.5) is 0 Å². The van der Waals surface area contributed by atoms with Crippen LogP contribution in [0.5, 0.6) is 0 Å². The number of hydrogen-bond donors (Lipinski definition) is 1. The number of esters is 1. The average Bonchev–Trinajstić information content (AvgIpc) is 3.06. The Kier molecular flexibility index (Phi) is 12.0. The van der Waals surface area contributed by atoms with Gasteiger partial charge in [-0.25, -0.2) is 0 Å². The zero-order chi connectivity index (χ0) is 18.4. The number of carbonyl (C=O) groups is 3. The van der Waals surface area contributed by atoms with E-state index in [0.717, 1.165) is 0 Å². The molecule has 1 amide bonds. The Hall–Kier alpha value is -2.25. The van der Waals surface area contributed by atoms with Crippen LogP contribution >= 0.6 is 0 Å². The molecule has 1 aromatic heterocycles.